The minimum Gasteiger partial charge on any atom is -0.353 e. The van der Waals surface area contributed by atoms with Gasteiger partial charge in [-0.25, -0.2) is 8.42 Å². The molecule has 0 heterocycles. The lowest BCUT2D eigenvalue weighted by atomic mass is 9.92. The summed E-state index contributed by atoms with van der Waals surface area (Å²) in [7, 11) is -3.75. The number of carbonyl (C=O) groups is 2. The van der Waals surface area contributed by atoms with Gasteiger partial charge < -0.3 is 11.1 Å². The number of nitrogens with one attached hydrogen (secondary N) is 1. The van der Waals surface area contributed by atoms with Crippen LogP contribution in [0.4, 0.5) is 0 Å². The Morgan fingerprint density at radius 2 is 1.28 bits per heavy atom. The highest BCUT2D eigenvalue weighted by Crippen LogP contribution is 2.19. The highest BCUT2D eigenvalue weighted by atomic mass is 32.2. The van der Waals surface area contributed by atoms with Crippen LogP contribution in [0.3, 0.4) is 0 Å². The molecule has 0 aliphatic rings. The van der Waals surface area contributed by atoms with Gasteiger partial charge in [-0.3, -0.25) is 9.59 Å². The smallest absolute Gasteiger partial charge is 0.224 e. The molecule has 0 bridgehead atoms. The lowest BCUT2D eigenvalue weighted by Crippen LogP contribution is -2.44. The number of Topliss-reactive ketones (excluding diaryl/α,β-unsaturated/α-hetero) is 1. The van der Waals surface area contributed by atoms with Gasteiger partial charge in [-0.05, 0) is 48.3 Å². The zero-order valence-electron chi connectivity index (χ0n) is 25.5. The molecule has 0 fully saturated rings. The fraction of sp³-hybridized carbons (Fsp3) is 0.429. The zero-order valence-corrected chi connectivity index (χ0v) is 26.3. The summed E-state index contributed by atoms with van der Waals surface area (Å²) in [6, 6.07) is 29.5. The van der Waals surface area contributed by atoms with Gasteiger partial charge >= 0.3 is 0 Å². The molecule has 7 nitrogen and oxygen atoms in total. The Labute approximate surface area is 257 Å². The first kappa shape index (κ1) is 34.2. The molecule has 3 rings (SSSR count). The van der Waals surface area contributed by atoms with Crippen LogP contribution in [0.5, 0.6) is 0 Å². The lowest BCUT2D eigenvalue weighted by molar-refractivity contribution is -0.130. The Kier molecular flexibility index (Phi) is 14.1. The van der Waals surface area contributed by atoms with Crippen LogP contribution in [0, 0.1) is 11.8 Å². The second-order valence-electron chi connectivity index (χ2n) is 11.3. The van der Waals surface area contributed by atoms with Gasteiger partial charge in [0.2, 0.25) is 15.9 Å². The van der Waals surface area contributed by atoms with Crippen molar-refractivity contribution in [3.8, 4) is 0 Å². The molecule has 3 atom stereocenters. The molecular formula is C35H47N3O4S. The number of ketones is 1. The summed E-state index contributed by atoms with van der Waals surface area (Å²) in [6.07, 6.45) is 3.25. The van der Waals surface area contributed by atoms with Crippen molar-refractivity contribution in [2.75, 3.05) is 25.4 Å². The van der Waals surface area contributed by atoms with Crippen molar-refractivity contribution in [2.24, 2.45) is 17.6 Å². The predicted molar refractivity (Wildman–Crippen MR) is 174 cm³/mol. The summed E-state index contributed by atoms with van der Waals surface area (Å²) in [5, 5.41) is 3.17. The number of benzene rings is 3. The highest BCUT2D eigenvalue weighted by molar-refractivity contribution is 7.89. The Morgan fingerprint density at radius 3 is 1.77 bits per heavy atom. The van der Waals surface area contributed by atoms with Gasteiger partial charge in [0.1, 0.15) is 5.78 Å². The Morgan fingerprint density at radius 1 is 0.767 bits per heavy atom. The van der Waals surface area contributed by atoms with Crippen molar-refractivity contribution in [3.05, 3.63) is 108 Å². The molecule has 3 unspecified atom stereocenters. The normalized spacial score (nSPS) is 13.8. The van der Waals surface area contributed by atoms with Crippen molar-refractivity contribution in [2.45, 2.75) is 58.4 Å². The lowest BCUT2D eigenvalue weighted by Gasteiger charge is -2.27. The van der Waals surface area contributed by atoms with Crippen molar-refractivity contribution < 1.29 is 18.0 Å². The molecule has 0 aromatic heterocycles. The molecule has 43 heavy (non-hydrogen) atoms. The van der Waals surface area contributed by atoms with Crippen LogP contribution in [0.1, 0.15) is 49.8 Å². The van der Waals surface area contributed by atoms with E-state index >= 15 is 0 Å². The molecule has 0 saturated carbocycles. The standard InChI is InChI=1S/C35H47N3O4S/c1-3-28(22-29-14-8-5-9-15-29)26-38(43(41,42)21-20-36)27-34(39)25-32(23-30-16-10-6-11-17-30)35(40)37-33(4-2)24-31-18-12-7-13-19-31/h5-19,28,32-33H,3-4,20-27,36H2,1-2H3,(H,37,40). The summed E-state index contributed by atoms with van der Waals surface area (Å²) < 4.78 is 27.8. The largest absolute Gasteiger partial charge is 0.353 e. The summed E-state index contributed by atoms with van der Waals surface area (Å²) in [4.78, 5) is 27.2. The Hall–Kier alpha value is -3.33. The third kappa shape index (κ3) is 11.7. The second kappa shape index (κ2) is 17.7. The van der Waals surface area contributed by atoms with Gasteiger partial charge in [0, 0.05) is 31.5 Å². The maximum absolute atomic E-state index is 13.6. The molecule has 3 aromatic carbocycles. The number of hydrogen-bond donors (Lipinski definition) is 2. The van der Waals surface area contributed by atoms with Gasteiger partial charge in [0.15, 0.2) is 0 Å². The van der Waals surface area contributed by atoms with Gasteiger partial charge in [0.05, 0.1) is 12.3 Å². The van der Waals surface area contributed by atoms with E-state index in [1.54, 1.807) is 0 Å². The SMILES string of the molecule is CCC(Cc1ccccc1)CN(CC(=O)CC(Cc1ccccc1)C(=O)NC(CC)Cc1ccccc1)S(=O)(=O)CCN. The maximum atomic E-state index is 13.6. The van der Waals surface area contributed by atoms with E-state index in [2.05, 4.69) is 5.32 Å². The average Bonchev–Trinajstić information content (AvgIpc) is 3.01. The van der Waals surface area contributed by atoms with Gasteiger partial charge in [-0.2, -0.15) is 4.31 Å². The third-order valence-corrected chi connectivity index (χ3v) is 9.68. The molecule has 0 saturated heterocycles. The minimum absolute atomic E-state index is 0.0264. The van der Waals surface area contributed by atoms with Crippen LogP contribution in [0.2, 0.25) is 0 Å². The fourth-order valence-corrected chi connectivity index (χ4v) is 6.67. The number of carbonyl (C=O) groups excluding carboxylic acids is 2. The Balaban J connectivity index is 1.76. The summed E-state index contributed by atoms with van der Waals surface area (Å²) in [5.74, 6) is -1.28. The zero-order chi connectivity index (χ0) is 31.1. The molecule has 0 aliphatic heterocycles. The fourth-order valence-electron chi connectivity index (χ4n) is 5.34. The van der Waals surface area contributed by atoms with E-state index in [4.69, 9.17) is 5.73 Å². The first-order valence-electron chi connectivity index (χ1n) is 15.4. The number of nitrogens with zero attached hydrogens (tertiary/aromatic N) is 1. The first-order valence-corrected chi connectivity index (χ1v) is 17.0. The minimum atomic E-state index is -3.75. The van der Waals surface area contributed by atoms with Crippen molar-refractivity contribution in [1.82, 2.24) is 9.62 Å². The van der Waals surface area contributed by atoms with E-state index in [9.17, 15) is 18.0 Å². The van der Waals surface area contributed by atoms with Crippen molar-refractivity contribution >= 4 is 21.7 Å². The number of rotatable bonds is 19. The number of nitrogens with two attached hydrogens (primary N) is 1. The molecule has 3 N–H and O–H groups in total. The van der Waals surface area contributed by atoms with Crippen LogP contribution in [0.25, 0.3) is 0 Å². The molecule has 0 radical (unpaired) electrons. The summed E-state index contributed by atoms with van der Waals surface area (Å²) in [6.45, 7) is 3.99. The van der Waals surface area contributed by atoms with Crippen LogP contribution in [-0.2, 0) is 38.9 Å². The van der Waals surface area contributed by atoms with Crippen LogP contribution in [0.15, 0.2) is 91.0 Å². The predicted octanol–water partition coefficient (Wildman–Crippen LogP) is 4.80. The molecular weight excluding hydrogens is 558 g/mol. The van der Waals surface area contributed by atoms with Crippen LogP contribution >= 0.6 is 0 Å². The van der Waals surface area contributed by atoms with Crippen LogP contribution < -0.4 is 11.1 Å². The van der Waals surface area contributed by atoms with Gasteiger partial charge in [-0.15, -0.1) is 0 Å². The summed E-state index contributed by atoms with van der Waals surface area (Å²) >= 11 is 0. The van der Waals surface area contributed by atoms with E-state index in [0.29, 0.717) is 19.3 Å². The number of hydrogen-bond acceptors (Lipinski definition) is 5. The van der Waals surface area contributed by atoms with Crippen LogP contribution in [-0.4, -0.2) is 55.8 Å². The van der Waals surface area contributed by atoms with Crippen molar-refractivity contribution in [1.29, 1.82) is 0 Å². The highest BCUT2D eigenvalue weighted by Gasteiger charge is 2.30. The molecule has 8 heteroatoms. The monoisotopic (exact) mass is 605 g/mol. The van der Waals surface area contributed by atoms with Crippen molar-refractivity contribution in [3.63, 3.8) is 0 Å². The van der Waals surface area contributed by atoms with Gasteiger partial charge in [-0.1, -0.05) is 111 Å². The molecule has 0 aliphatic carbocycles. The topological polar surface area (TPSA) is 110 Å². The van der Waals surface area contributed by atoms with E-state index in [1.807, 2.05) is 105 Å². The average molecular weight is 606 g/mol. The maximum Gasteiger partial charge on any atom is 0.224 e. The van der Waals surface area contributed by atoms with E-state index in [0.717, 1.165) is 29.5 Å². The van der Waals surface area contributed by atoms with E-state index in [1.165, 1.54) is 4.31 Å². The number of amides is 1. The molecule has 1 amide bonds. The summed E-state index contributed by atoms with van der Waals surface area (Å²) in [5.41, 5.74) is 8.85. The van der Waals surface area contributed by atoms with E-state index in [-0.39, 0.29) is 55.5 Å². The Bertz CT molecular complexity index is 1350. The van der Waals surface area contributed by atoms with Gasteiger partial charge in [0.25, 0.3) is 0 Å². The molecule has 0 spiro atoms. The number of sulfonamides is 1. The molecule has 232 valence electrons. The third-order valence-electron chi connectivity index (χ3n) is 7.86. The quantitative estimate of drug-likeness (QED) is 0.204. The van der Waals surface area contributed by atoms with E-state index < -0.39 is 15.9 Å². The second-order valence-corrected chi connectivity index (χ2v) is 13.4. The first-order chi connectivity index (χ1) is 20.7. The molecule has 3 aromatic rings.